The molecule has 0 bridgehead atoms. The third-order valence-electron chi connectivity index (χ3n) is 4.39. The van der Waals surface area contributed by atoms with Crippen LogP contribution in [0.2, 0.25) is 0 Å². The third kappa shape index (κ3) is 5.94. The maximum atomic E-state index is 11.9. The summed E-state index contributed by atoms with van der Waals surface area (Å²) in [6, 6.07) is 13.9. The molecule has 3 rings (SSSR count). The molecule has 0 unspecified atom stereocenters. The highest BCUT2D eigenvalue weighted by Crippen LogP contribution is 2.24. The number of aromatic nitrogens is 2. The van der Waals surface area contributed by atoms with Crippen molar-refractivity contribution < 1.29 is 14.3 Å². The average molecular weight is 369 g/mol. The van der Waals surface area contributed by atoms with Crippen LogP contribution in [0.5, 0.6) is 5.88 Å². The summed E-state index contributed by atoms with van der Waals surface area (Å²) in [6.45, 7) is 5.59. The van der Waals surface area contributed by atoms with Crippen molar-refractivity contribution in [3.05, 3.63) is 42.5 Å². The standard InChI is InChI=1S/C21H27N3O3/c1-21(2,3)27-20(25)22-16-9-11-17(12-10-16)26-19-14-13-18(23-24-19)15-7-5-4-6-8-15/h4-8,13-14,16-17H,9-12H2,1-3H3,(H,22,25)/t16-,17-. The van der Waals surface area contributed by atoms with Crippen LogP contribution in [0.3, 0.4) is 0 Å². The highest BCUT2D eigenvalue weighted by molar-refractivity contribution is 5.68. The lowest BCUT2D eigenvalue weighted by molar-refractivity contribution is 0.0469. The molecule has 1 aromatic heterocycles. The summed E-state index contributed by atoms with van der Waals surface area (Å²) < 4.78 is 11.3. The Morgan fingerprint density at radius 3 is 2.30 bits per heavy atom. The zero-order valence-corrected chi connectivity index (χ0v) is 16.1. The van der Waals surface area contributed by atoms with Crippen LogP contribution in [0.4, 0.5) is 4.79 Å². The van der Waals surface area contributed by atoms with Gasteiger partial charge in [-0.2, -0.15) is 0 Å². The fourth-order valence-corrected chi connectivity index (χ4v) is 3.12. The number of amides is 1. The Hall–Kier alpha value is -2.63. The van der Waals surface area contributed by atoms with Gasteiger partial charge in [0.05, 0.1) is 5.69 Å². The molecule has 0 spiro atoms. The quantitative estimate of drug-likeness (QED) is 0.867. The highest BCUT2D eigenvalue weighted by Gasteiger charge is 2.25. The number of carbonyl (C=O) groups excluding carboxylic acids is 1. The number of benzene rings is 1. The van der Waals surface area contributed by atoms with E-state index in [4.69, 9.17) is 9.47 Å². The summed E-state index contributed by atoms with van der Waals surface area (Å²) in [5.41, 5.74) is 1.38. The van der Waals surface area contributed by atoms with Crippen molar-refractivity contribution in [3.8, 4) is 17.1 Å². The molecule has 6 heteroatoms. The normalized spacial score (nSPS) is 20.0. The van der Waals surface area contributed by atoms with E-state index in [1.54, 1.807) is 0 Å². The first kappa shape index (κ1) is 19.1. The molecule has 1 aliphatic rings. The zero-order chi connectivity index (χ0) is 19.3. The summed E-state index contributed by atoms with van der Waals surface area (Å²) in [5.74, 6) is 0.540. The highest BCUT2D eigenvalue weighted by atomic mass is 16.6. The molecule has 1 saturated carbocycles. The van der Waals surface area contributed by atoms with Gasteiger partial charge in [-0.1, -0.05) is 30.3 Å². The molecule has 0 aliphatic heterocycles. The summed E-state index contributed by atoms with van der Waals surface area (Å²) in [7, 11) is 0. The lowest BCUT2D eigenvalue weighted by Crippen LogP contribution is -2.42. The van der Waals surface area contributed by atoms with Crippen LogP contribution < -0.4 is 10.1 Å². The van der Waals surface area contributed by atoms with E-state index >= 15 is 0 Å². The molecule has 1 aliphatic carbocycles. The van der Waals surface area contributed by atoms with Crippen LogP contribution in [0.25, 0.3) is 11.3 Å². The molecule has 0 atom stereocenters. The van der Waals surface area contributed by atoms with Crippen molar-refractivity contribution in [2.24, 2.45) is 0 Å². The van der Waals surface area contributed by atoms with Crippen molar-refractivity contribution in [1.82, 2.24) is 15.5 Å². The molecular weight excluding hydrogens is 342 g/mol. The predicted octanol–water partition coefficient (Wildman–Crippen LogP) is 4.36. The number of hydrogen-bond donors (Lipinski definition) is 1. The second-order valence-electron chi connectivity index (χ2n) is 7.86. The van der Waals surface area contributed by atoms with Crippen molar-refractivity contribution in [2.45, 2.75) is 64.2 Å². The summed E-state index contributed by atoms with van der Waals surface area (Å²) in [4.78, 5) is 11.9. The Bertz CT molecular complexity index is 734. The Kier molecular flexibility index (Phi) is 5.94. The fourth-order valence-electron chi connectivity index (χ4n) is 3.12. The molecule has 6 nitrogen and oxygen atoms in total. The van der Waals surface area contributed by atoms with E-state index < -0.39 is 5.60 Å². The summed E-state index contributed by atoms with van der Waals surface area (Å²) in [6.07, 6.45) is 3.19. The molecular formula is C21H27N3O3. The van der Waals surface area contributed by atoms with Crippen LogP contribution in [-0.4, -0.2) is 34.0 Å². The predicted molar refractivity (Wildman–Crippen MR) is 104 cm³/mol. The second-order valence-corrected chi connectivity index (χ2v) is 7.86. The number of nitrogens with zero attached hydrogens (tertiary/aromatic N) is 2. The van der Waals surface area contributed by atoms with Gasteiger partial charge in [0, 0.05) is 17.7 Å². The second kappa shape index (κ2) is 8.37. The minimum atomic E-state index is -0.477. The van der Waals surface area contributed by atoms with Crippen LogP contribution in [-0.2, 0) is 4.74 Å². The van der Waals surface area contributed by atoms with Crippen LogP contribution >= 0.6 is 0 Å². The maximum Gasteiger partial charge on any atom is 0.407 e. The number of hydrogen-bond acceptors (Lipinski definition) is 5. The maximum absolute atomic E-state index is 11.9. The first-order chi connectivity index (χ1) is 12.9. The molecule has 27 heavy (non-hydrogen) atoms. The van der Waals surface area contributed by atoms with Gasteiger partial charge in [-0.25, -0.2) is 4.79 Å². The Morgan fingerprint density at radius 1 is 1.00 bits per heavy atom. The van der Waals surface area contributed by atoms with Crippen molar-refractivity contribution >= 4 is 6.09 Å². The van der Waals surface area contributed by atoms with Gasteiger partial charge in [-0.15, -0.1) is 10.2 Å². The topological polar surface area (TPSA) is 73.3 Å². The average Bonchev–Trinajstić information content (AvgIpc) is 2.63. The molecule has 0 radical (unpaired) electrons. The van der Waals surface area contributed by atoms with Crippen molar-refractivity contribution in [2.75, 3.05) is 0 Å². The van der Waals surface area contributed by atoms with Gasteiger partial charge in [-0.3, -0.25) is 0 Å². The van der Waals surface area contributed by atoms with Gasteiger partial charge in [0.25, 0.3) is 0 Å². The minimum Gasteiger partial charge on any atom is -0.473 e. The summed E-state index contributed by atoms with van der Waals surface area (Å²) >= 11 is 0. The van der Waals surface area contributed by atoms with Crippen molar-refractivity contribution in [1.29, 1.82) is 0 Å². The lowest BCUT2D eigenvalue weighted by Gasteiger charge is -2.30. The van der Waals surface area contributed by atoms with Crippen LogP contribution in [0, 0.1) is 0 Å². The van der Waals surface area contributed by atoms with E-state index in [0.717, 1.165) is 36.9 Å². The molecule has 0 saturated heterocycles. The van der Waals surface area contributed by atoms with E-state index in [1.165, 1.54) is 0 Å². The number of rotatable bonds is 4. The first-order valence-electron chi connectivity index (χ1n) is 9.44. The largest absolute Gasteiger partial charge is 0.473 e. The van der Waals surface area contributed by atoms with E-state index in [0.29, 0.717) is 5.88 Å². The lowest BCUT2D eigenvalue weighted by atomic mass is 9.93. The number of ether oxygens (including phenoxy) is 2. The molecule has 1 N–H and O–H groups in total. The Labute approximate surface area is 160 Å². The van der Waals surface area contributed by atoms with E-state index in [2.05, 4.69) is 15.5 Å². The molecule has 1 aromatic carbocycles. The smallest absolute Gasteiger partial charge is 0.407 e. The van der Waals surface area contributed by atoms with Gasteiger partial charge in [0.2, 0.25) is 5.88 Å². The third-order valence-corrected chi connectivity index (χ3v) is 4.39. The van der Waals surface area contributed by atoms with E-state index in [9.17, 15) is 4.79 Å². The first-order valence-corrected chi connectivity index (χ1v) is 9.44. The molecule has 1 heterocycles. The van der Waals surface area contributed by atoms with Crippen LogP contribution in [0.15, 0.2) is 42.5 Å². The van der Waals surface area contributed by atoms with Crippen molar-refractivity contribution in [3.63, 3.8) is 0 Å². The van der Waals surface area contributed by atoms with Gasteiger partial charge in [-0.05, 0) is 52.5 Å². The monoisotopic (exact) mass is 369 g/mol. The van der Waals surface area contributed by atoms with Gasteiger partial charge < -0.3 is 14.8 Å². The molecule has 1 fully saturated rings. The zero-order valence-electron chi connectivity index (χ0n) is 16.1. The Balaban J connectivity index is 1.46. The number of alkyl carbamates (subject to hydrolysis) is 1. The molecule has 1 amide bonds. The molecule has 2 aromatic rings. The van der Waals surface area contributed by atoms with E-state index in [-0.39, 0.29) is 18.2 Å². The fraction of sp³-hybridized carbons (Fsp3) is 0.476. The SMILES string of the molecule is CC(C)(C)OC(=O)N[C@H]1CC[C@H](Oc2ccc(-c3ccccc3)nn2)CC1. The van der Waals surface area contributed by atoms with Gasteiger partial charge >= 0.3 is 6.09 Å². The Morgan fingerprint density at radius 2 is 1.70 bits per heavy atom. The van der Waals surface area contributed by atoms with E-state index in [1.807, 2.05) is 63.2 Å². The molecule has 144 valence electrons. The van der Waals surface area contributed by atoms with Gasteiger partial charge in [0.15, 0.2) is 0 Å². The summed E-state index contributed by atoms with van der Waals surface area (Å²) in [5, 5.41) is 11.4. The van der Waals surface area contributed by atoms with Crippen LogP contribution in [0.1, 0.15) is 46.5 Å². The number of nitrogens with one attached hydrogen (secondary N) is 1. The van der Waals surface area contributed by atoms with Gasteiger partial charge in [0.1, 0.15) is 11.7 Å². The minimum absolute atomic E-state index is 0.0959. The number of carbonyl (C=O) groups is 1.